The van der Waals surface area contributed by atoms with Crippen molar-refractivity contribution in [3.8, 4) is 11.8 Å². The van der Waals surface area contributed by atoms with Crippen LogP contribution in [0, 0.1) is 11.3 Å². The Morgan fingerprint density at radius 1 is 1.30 bits per heavy atom. The van der Waals surface area contributed by atoms with E-state index in [0.29, 0.717) is 22.4 Å². The van der Waals surface area contributed by atoms with E-state index in [-0.39, 0.29) is 5.89 Å². The highest BCUT2D eigenvalue weighted by molar-refractivity contribution is 9.11. The minimum absolute atomic E-state index is 0.284. The summed E-state index contributed by atoms with van der Waals surface area (Å²) in [6.45, 7) is 0. The maximum absolute atomic E-state index is 9.49. The zero-order chi connectivity index (χ0) is 16.4. The van der Waals surface area contributed by atoms with Crippen LogP contribution in [-0.2, 0) is 0 Å². The van der Waals surface area contributed by atoms with Crippen molar-refractivity contribution < 1.29 is 9.15 Å². The molecular formula is C17H10Br2N2O2. The molecule has 0 aliphatic carbocycles. The topological polar surface area (TPSA) is 59.0 Å². The summed E-state index contributed by atoms with van der Waals surface area (Å²) in [6.07, 6.45) is 1.69. The van der Waals surface area contributed by atoms with Gasteiger partial charge in [-0.1, -0.05) is 28.1 Å². The molecule has 1 aromatic heterocycles. The van der Waals surface area contributed by atoms with Crippen LogP contribution in [0.5, 0.6) is 5.75 Å². The predicted octanol–water partition coefficient (Wildman–Crippen LogP) is 5.43. The number of allylic oxidation sites excluding steroid dienone is 1. The number of hydrogen-bond donors (Lipinski definition) is 0. The third-order valence-corrected chi connectivity index (χ3v) is 4.23. The normalized spacial score (nSPS) is 11.5. The van der Waals surface area contributed by atoms with Gasteiger partial charge in [0.15, 0.2) is 5.58 Å². The fourth-order valence-corrected chi connectivity index (χ4v) is 3.61. The highest BCUT2D eigenvalue weighted by Gasteiger charge is 2.13. The van der Waals surface area contributed by atoms with Crippen molar-refractivity contribution >= 4 is 54.6 Å². The van der Waals surface area contributed by atoms with Crippen molar-refractivity contribution in [3.63, 3.8) is 0 Å². The lowest BCUT2D eigenvalue weighted by Crippen LogP contribution is -1.90. The number of aromatic nitrogens is 1. The van der Waals surface area contributed by atoms with Crippen molar-refractivity contribution in [3.05, 3.63) is 56.8 Å². The molecule has 3 rings (SSSR count). The minimum Gasteiger partial charge on any atom is -0.495 e. The molecule has 0 atom stereocenters. The summed E-state index contributed by atoms with van der Waals surface area (Å²) in [5, 5.41) is 9.49. The van der Waals surface area contributed by atoms with E-state index in [2.05, 4.69) is 42.9 Å². The highest BCUT2D eigenvalue weighted by atomic mass is 79.9. The van der Waals surface area contributed by atoms with Gasteiger partial charge in [0.2, 0.25) is 5.89 Å². The van der Waals surface area contributed by atoms with Gasteiger partial charge in [-0.3, -0.25) is 0 Å². The number of oxazole rings is 1. The van der Waals surface area contributed by atoms with Gasteiger partial charge in [-0.05, 0) is 46.3 Å². The van der Waals surface area contributed by atoms with Crippen LogP contribution in [0.1, 0.15) is 11.5 Å². The number of rotatable bonds is 3. The summed E-state index contributed by atoms with van der Waals surface area (Å²) in [4.78, 5) is 4.36. The van der Waals surface area contributed by atoms with E-state index in [9.17, 15) is 5.26 Å². The van der Waals surface area contributed by atoms with Gasteiger partial charge in [0.05, 0.1) is 11.6 Å². The van der Waals surface area contributed by atoms with E-state index in [0.717, 1.165) is 14.5 Å². The molecule has 23 heavy (non-hydrogen) atoms. The number of fused-ring (bicyclic) bond motifs is 1. The lowest BCUT2D eigenvalue weighted by molar-refractivity contribution is 0.411. The van der Waals surface area contributed by atoms with Crippen LogP contribution in [0.2, 0.25) is 0 Å². The Kier molecular flexibility index (Phi) is 4.51. The summed E-state index contributed by atoms with van der Waals surface area (Å²) in [6, 6.07) is 13.3. The molecule has 0 bridgehead atoms. The second-order valence-electron chi connectivity index (χ2n) is 4.67. The maximum Gasteiger partial charge on any atom is 0.238 e. The molecule has 0 spiro atoms. The molecule has 0 unspecified atom stereocenters. The number of nitriles is 1. The molecule has 0 amide bonds. The number of halogens is 2. The Morgan fingerprint density at radius 3 is 2.78 bits per heavy atom. The van der Waals surface area contributed by atoms with Gasteiger partial charge in [-0.2, -0.15) is 5.26 Å². The van der Waals surface area contributed by atoms with E-state index in [1.54, 1.807) is 13.2 Å². The van der Waals surface area contributed by atoms with E-state index in [1.165, 1.54) is 0 Å². The first kappa shape index (κ1) is 15.8. The number of benzene rings is 2. The first-order valence-electron chi connectivity index (χ1n) is 6.63. The zero-order valence-electron chi connectivity index (χ0n) is 12.0. The lowest BCUT2D eigenvalue weighted by Gasteiger charge is -2.08. The van der Waals surface area contributed by atoms with Crippen LogP contribution >= 0.6 is 31.9 Å². The van der Waals surface area contributed by atoms with Crippen molar-refractivity contribution in [1.29, 1.82) is 5.26 Å². The monoisotopic (exact) mass is 432 g/mol. The summed E-state index contributed by atoms with van der Waals surface area (Å²) in [5.41, 5.74) is 2.43. The van der Waals surface area contributed by atoms with Gasteiger partial charge >= 0.3 is 0 Å². The zero-order valence-corrected chi connectivity index (χ0v) is 15.2. The molecule has 0 fully saturated rings. The number of methoxy groups -OCH3 is 1. The lowest BCUT2D eigenvalue weighted by atomic mass is 10.1. The SMILES string of the molecule is COc1c(Br)cc(Br)cc1/C=C(\C#N)c1nc2ccccc2o1. The number of hydrogen-bond acceptors (Lipinski definition) is 4. The molecule has 3 aromatic rings. The summed E-state index contributed by atoms with van der Waals surface area (Å²) in [5.74, 6) is 0.920. The molecule has 4 nitrogen and oxygen atoms in total. The van der Waals surface area contributed by atoms with Gasteiger partial charge in [-0.15, -0.1) is 0 Å². The van der Waals surface area contributed by atoms with Crippen molar-refractivity contribution in [2.45, 2.75) is 0 Å². The van der Waals surface area contributed by atoms with Gasteiger partial charge in [0.25, 0.3) is 0 Å². The number of para-hydroxylation sites is 2. The fourth-order valence-electron chi connectivity index (χ4n) is 2.19. The van der Waals surface area contributed by atoms with Gasteiger partial charge in [-0.25, -0.2) is 4.98 Å². The van der Waals surface area contributed by atoms with E-state index in [1.807, 2.05) is 36.4 Å². The molecule has 114 valence electrons. The predicted molar refractivity (Wildman–Crippen MR) is 95.9 cm³/mol. The highest BCUT2D eigenvalue weighted by Crippen LogP contribution is 2.35. The second kappa shape index (κ2) is 6.57. The Morgan fingerprint density at radius 2 is 2.09 bits per heavy atom. The molecule has 0 radical (unpaired) electrons. The fraction of sp³-hybridized carbons (Fsp3) is 0.0588. The van der Waals surface area contributed by atoms with Crippen LogP contribution in [0.4, 0.5) is 0 Å². The molecule has 0 saturated heterocycles. The molecule has 0 aliphatic heterocycles. The smallest absolute Gasteiger partial charge is 0.238 e. The van der Waals surface area contributed by atoms with E-state index < -0.39 is 0 Å². The molecule has 0 saturated carbocycles. The molecule has 1 heterocycles. The molecular weight excluding hydrogens is 424 g/mol. The molecule has 6 heteroatoms. The van der Waals surface area contributed by atoms with Gasteiger partial charge in [0, 0.05) is 10.0 Å². The van der Waals surface area contributed by atoms with E-state index in [4.69, 9.17) is 9.15 Å². The standard InChI is InChI=1S/C17H10Br2N2O2/c1-22-16-10(7-12(18)8-13(16)19)6-11(9-20)17-21-14-4-2-3-5-15(14)23-17/h2-8H,1H3/b11-6+. The first-order valence-corrected chi connectivity index (χ1v) is 8.21. The quantitative estimate of drug-likeness (QED) is 0.517. The Bertz CT molecular complexity index is 922. The van der Waals surface area contributed by atoms with Crippen molar-refractivity contribution in [2.24, 2.45) is 0 Å². The van der Waals surface area contributed by atoms with Gasteiger partial charge in [0.1, 0.15) is 22.9 Å². The minimum atomic E-state index is 0.284. The average Bonchev–Trinajstić information content (AvgIpc) is 2.95. The average molecular weight is 434 g/mol. The van der Waals surface area contributed by atoms with Crippen molar-refractivity contribution in [1.82, 2.24) is 4.98 Å². The number of nitrogens with zero attached hydrogens (tertiary/aromatic N) is 2. The van der Waals surface area contributed by atoms with Crippen LogP contribution in [0.15, 0.2) is 49.8 Å². The summed E-state index contributed by atoms with van der Waals surface area (Å²) >= 11 is 6.88. The first-order chi connectivity index (χ1) is 11.1. The van der Waals surface area contributed by atoms with Crippen LogP contribution in [0.25, 0.3) is 22.7 Å². The third-order valence-electron chi connectivity index (χ3n) is 3.19. The largest absolute Gasteiger partial charge is 0.495 e. The summed E-state index contributed by atoms with van der Waals surface area (Å²) < 4.78 is 12.7. The third kappa shape index (κ3) is 3.16. The maximum atomic E-state index is 9.49. The Hall–Kier alpha value is -2.10. The Labute approximate surface area is 149 Å². The van der Waals surface area contributed by atoms with Crippen molar-refractivity contribution in [2.75, 3.05) is 7.11 Å². The van der Waals surface area contributed by atoms with Crippen LogP contribution < -0.4 is 4.74 Å². The molecule has 0 aliphatic rings. The number of ether oxygens (including phenoxy) is 1. The molecule has 0 N–H and O–H groups in total. The van der Waals surface area contributed by atoms with Crippen LogP contribution in [-0.4, -0.2) is 12.1 Å². The van der Waals surface area contributed by atoms with Crippen LogP contribution in [0.3, 0.4) is 0 Å². The van der Waals surface area contributed by atoms with Gasteiger partial charge < -0.3 is 9.15 Å². The summed E-state index contributed by atoms with van der Waals surface area (Å²) in [7, 11) is 1.58. The van der Waals surface area contributed by atoms with E-state index >= 15 is 0 Å². The Balaban J connectivity index is 2.14. The second-order valence-corrected chi connectivity index (χ2v) is 6.44. The molecule has 2 aromatic carbocycles.